The Morgan fingerprint density at radius 3 is 2.44 bits per heavy atom. The Hall–Kier alpha value is -0.890. The highest BCUT2D eigenvalue weighted by atomic mass is 15.0. The van der Waals surface area contributed by atoms with E-state index in [2.05, 4.69) is 24.9 Å². The lowest BCUT2D eigenvalue weighted by molar-refractivity contribution is 0.480. The Balaban J connectivity index is 1.98. The van der Waals surface area contributed by atoms with Gasteiger partial charge in [0.05, 0.1) is 11.2 Å². The van der Waals surface area contributed by atoms with Gasteiger partial charge in [0, 0.05) is 6.20 Å². The minimum atomic E-state index is -0.0890. The highest BCUT2D eigenvalue weighted by molar-refractivity contribution is 5.37. The Morgan fingerprint density at radius 1 is 1.25 bits per heavy atom. The second kappa shape index (κ2) is 3.30. The molecule has 2 nitrogen and oxygen atoms in total. The monoisotopic (exact) mass is 216 g/mol. The Morgan fingerprint density at radius 2 is 1.88 bits per heavy atom. The molecule has 0 amide bonds. The standard InChI is InChI=1S/C14H20N2/c1-9-7-10(2)13(16-8-9)14(15)11-5-3-4-6-12(11)14/h7-8,11-12H,3-6,15H2,1-2H3. The van der Waals surface area contributed by atoms with Gasteiger partial charge in [-0.1, -0.05) is 18.9 Å². The third kappa shape index (κ3) is 1.26. The third-order valence-corrected chi connectivity index (χ3v) is 4.51. The van der Waals surface area contributed by atoms with E-state index in [0.717, 1.165) is 5.69 Å². The Labute approximate surface area is 97.3 Å². The van der Waals surface area contributed by atoms with Crippen molar-refractivity contribution in [1.82, 2.24) is 4.98 Å². The van der Waals surface area contributed by atoms with Gasteiger partial charge in [0.2, 0.25) is 0 Å². The van der Waals surface area contributed by atoms with Crippen LogP contribution in [0.1, 0.15) is 42.5 Å². The fraction of sp³-hybridized carbons (Fsp3) is 0.643. The van der Waals surface area contributed by atoms with Gasteiger partial charge in [0.25, 0.3) is 0 Å². The SMILES string of the molecule is Cc1cnc(C2(N)C3CCCCC32)c(C)c1. The second-order valence-electron chi connectivity index (χ2n) is 5.61. The van der Waals surface area contributed by atoms with Gasteiger partial charge in [-0.3, -0.25) is 4.98 Å². The lowest BCUT2D eigenvalue weighted by Crippen LogP contribution is -2.26. The van der Waals surface area contributed by atoms with Crippen LogP contribution in [0.15, 0.2) is 12.3 Å². The molecule has 1 heterocycles. The molecule has 0 aromatic carbocycles. The minimum absolute atomic E-state index is 0.0890. The largest absolute Gasteiger partial charge is 0.320 e. The minimum Gasteiger partial charge on any atom is -0.320 e. The molecule has 0 aliphatic heterocycles. The number of aromatic nitrogens is 1. The van der Waals surface area contributed by atoms with Crippen molar-refractivity contribution in [2.45, 2.75) is 45.1 Å². The molecule has 1 aromatic heterocycles. The first-order chi connectivity index (χ1) is 7.64. The van der Waals surface area contributed by atoms with Crippen LogP contribution in [0.3, 0.4) is 0 Å². The van der Waals surface area contributed by atoms with E-state index in [-0.39, 0.29) is 5.54 Å². The average Bonchev–Trinajstić information content (AvgIpc) is 2.86. The summed E-state index contributed by atoms with van der Waals surface area (Å²) in [6.45, 7) is 4.24. The first kappa shape index (κ1) is 10.3. The molecule has 2 aliphatic rings. The molecule has 2 aliphatic carbocycles. The first-order valence-electron chi connectivity index (χ1n) is 6.36. The molecule has 2 unspecified atom stereocenters. The predicted octanol–water partition coefficient (Wildman–Crippen LogP) is 2.67. The van der Waals surface area contributed by atoms with Crippen LogP contribution in [-0.4, -0.2) is 4.98 Å². The molecule has 16 heavy (non-hydrogen) atoms. The van der Waals surface area contributed by atoms with Gasteiger partial charge in [-0.15, -0.1) is 0 Å². The number of nitrogens with zero attached hydrogens (tertiary/aromatic N) is 1. The molecule has 2 fully saturated rings. The molecule has 1 aromatic rings. The van der Waals surface area contributed by atoms with Crippen LogP contribution >= 0.6 is 0 Å². The molecule has 0 saturated heterocycles. The van der Waals surface area contributed by atoms with E-state index in [1.165, 1.54) is 36.8 Å². The number of nitrogens with two attached hydrogens (primary N) is 1. The maximum atomic E-state index is 6.61. The molecular weight excluding hydrogens is 196 g/mol. The van der Waals surface area contributed by atoms with Crippen molar-refractivity contribution in [3.05, 3.63) is 29.1 Å². The number of aryl methyl sites for hydroxylation is 2. The summed E-state index contributed by atoms with van der Waals surface area (Å²) in [4.78, 5) is 4.61. The summed E-state index contributed by atoms with van der Waals surface area (Å²) in [5.41, 5.74) is 10.2. The fourth-order valence-electron chi connectivity index (χ4n) is 3.69. The normalized spacial score (nSPS) is 36.9. The van der Waals surface area contributed by atoms with E-state index in [1.807, 2.05) is 6.20 Å². The smallest absolute Gasteiger partial charge is 0.0650 e. The number of hydrogen-bond acceptors (Lipinski definition) is 2. The van der Waals surface area contributed by atoms with Gasteiger partial charge < -0.3 is 5.73 Å². The van der Waals surface area contributed by atoms with Gasteiger partial charge in [-0.05, 0) is 49.7 Å². The zero-order valence-electron chi connectivity index (χ0n) is 10.2. The first-order valence-corrected chi connectivity index (χ1v) is 6.36. The number of fused-ring (bicyclic) bond motifs is 1. The molecule has 2 saturated carbocycles. The molecule has 0 bridgehead atoms. The lowest BCUT2D eigenvalue weighted by Gasteiger charge is -2.14. The topological polar surface area (TPSA) is 38.9 Å². The van der Waals surface area contributed by atoms with E-state index >= 15 is 0 Å². The van der Waals surface area contributed by atoms with E-state index in [4.69, 9.17) is 5.73 Å². The van der Waals surface area contributed by atoms with Gasteiger partial charge >= 0.3 is 0 Å². The van der Waals surface area contributed by atoms with Gasteiger partial charge in [-0.25, -0.2) is 0 Å². The number of hydrogen-bond donors (Lipinski definition) is 1. The Bertz CT molecular complexity index is 413. The lowest BCUT2D eigenvalue weighted by atomic mass is 10.0. The van der Waals surface area contributed by atoms with Crippen LogP contribution in [0.25, 0.3) is 0 Å². The highest BCUT2D eigenvalue weighted by Gasteiger charge is 2.64. The van der Waals surface area contributed by atoms with Crippen molar-refractivity contribution in [3.63, 3.8) is 0 Å². The maximum absolute atomic E-state index is 6.61. The molecule has 0 radical (unpaired) electrons. The molecule has 2 atom stereocenters. The van der Waals surface area contributed by atoms with Crippen molar-refractivity contribution >= 4 is 0 Å². The van der Waals surface area contributed by atoms with E-state index in [9.17, 15) is 0 Å². The molecule has 3 rings (SSSR count). The van der Waals surface area contributed by atoms with Crippen LogP contribution in [0.2, 0.25) is 0 Å². The van der Waals surface area contributed by atoms with Crippen molar-refractivity contribution < 1.29 is 0 Å². The van der Waals surface area contributed by atoms with E-state index in [0.29, 0.717) is 11.8 Å². The zero-order chi connectivity index (χ0) is 11.3. The Kier molecular flexibility index (Phi) is 2.12. The highest BCUT2D eigenvalue weighted by Crippen LogP contribution is 2.62. The van der Waals surface area contributed by atoms with E-state index in [1.54, 1.807) is 0 Å². The summed E-state index contributed by atoms with van der Waals surface area (Å²) in [5, 5.41) is 0. The van der Waals surface area contributed by atoms with Crippen molar-refractivity contribution in [2.24, 2.45) is 17.6 Å². The van der Waals surface area contributed by atoms with Crippen LogP contribution < -0.4 is 5.73 Å². The summed E-state index contributed by atoms with van der Waals surface area (Å²) in [5.74, 6) is 1.41. The maximum Gasteiger partial charge on any atom is 0.0650 e. The fourth-order valence-corrected chi connectivity index (χ4v) is 3.69. The number of rotatable bonds is 1. The zero-order valence-corrected chi connectivity index (χ0v) is 10.2. The van der Waals surface area contributed by atoms with Crippen molar-refractivity contribution in [1.29, 1.82) is 0 Å². The summed E-state index contributed by atoms with van der Waals surface area (Å²) < 4.78 is 0. The summed E-state index contributed by atoms with van der Waals surface area (Å²) in [6, 6.07) is 2.21. The quantitative estimate of drug-likeness (QED) is 0.784. The number of pyridine rings is 1. The average molecular weight is 216 g/mol. The van der Waals surface area contributed by atoms with Gasteiger partial charge in [0.1, 0.15) is 0 Å². The van der Waals surface area contributed by atoms with Crippen LogP contribution in [-0.2, 0) is 5.54 Å². The van der Waals surface area contributed by atoms with Crippen molar-refractivity contribution in [3.8, 4) is 0 Å². The van der Waals surface area contributed by atoms with Crippen LogP contribution in [0.4, 0.5) is 0 Å². The van der Waals surface area contributed by atoms with Gasteiger partial charge in [-0.2, -0.15) is 0 Å². The van der Waals surface area contributed by atoms with Crippen LogP contribution in [0, 0.1) is 25.7 Å². The van der Waals surface area contributed by atoms with E-state index < -0.39 is 0 Å². The van der Waals surface area contributed by atoms with Crippen molar-refractivity contribution in [2.75, 3.05) is 0 Å². The summed E-state index contributed by atoms with van der Waals surface area (Å²) >= 11 is 0. The molecule has 2 N–H and O–H groups in total. The molecular formula is C14H20N2. The molecule has 0 spiro atoms. The molecule has 86 valence electrons. The molecule has 2 heteroatoms. The summed E-state index contributed by atoms with van der Waals surface area (Å²) in [7, 11) is 0. The predicted molar refractivity (Wildman–Crippen MR) is 65.0 cm³/mol. The second-order valence-corrected chi connectivity index (χ2v) is 5.61. The summed E-state index contributed by atoms with van der Waals surface area (Å²) in [6.07, 6.45) is 7.27. The van der Waals surface area contributed by atoms with Crippen LogP contribution in [0.5, 0.6) is 0 Å². The van der Waals surface area contributed by atoms with Gasteiger partial charge in [0.15, 0.2) is 0 Å². The third-order valence-electron chi connectivity index (χ3n) is 4.51.